The van der Waals surface area contributed by atoms with Gasteiger partial charge in [-0.3, -0.25) is 0 Å². The van der Waals surface area contributed by atoms with Gasteiger partial charge in [-0.2, -0.15) is 0 Å². The number of nitrogens with one attached hydrogen (secondary N) is 1. The van der Waals surface area contributed by atoms with E-state index < -0.39 is 11.9 Å². The van der Waals surface area contributed by atoms with Crippen molar-refractivity contribution in [2.75, 3.05) is 21.3 Å². The van der Waals surface area contributed by atoms with Crippen LogP contribution in [-0.2, 0) is 22.7 Å². The van der Waals surface area contributed by atoms with Gasteiger partial charge in [0, 0.05) is 24.7 Å². The number of halogens is 1. The summed E-state index contributed by atoms with van der Waals surface area (Å²) in [6, 6.07) is 11.9. The lowest BCUT2D eigenvalue weighted by Crippen LogP contribution is -2.13. The Kier molecular flexibility index (Phi) is 9.83. The fourth-order valence-electron chi connectivity index (χ4n) is 2.16. The van der Waals surface area contributed by atoms with Gasteiger partial charge in [-0.15, -0.1) is 0 Å². The molecular formula is C19H22BrNO7. The van der Waals surface area contributed by atoms with Crippen molar-refractivity contribution in [3.05, 3.63) is 52.0 Å². The average molecular weight is 456 g/mol. The molecule has 0 radical (unpaired) electrons. The normalized spacial score (nSPS) is 9.71. The van der Waals surface area contributed by atoms with Crippen molar-refractivity contribution in [2.24, 2.45) is 0 Å². The van der Waals surface area contributed by atoms with Crippen molar-refractivity contribution < 1.29 is 34.0 Å². The van der Waals surface area contributed by atoms with Crippen LogP contribution < -0.4 is 19.5 Å². The second kappa shape index (κ2) is 11.8. The van der Waals surface area contributed by atoms with E-state index in [9.17, 15) is 0 Å². The Labute approximate surface area is 171 Å². The third-order valence-electron chi connectivity index (χ3n) is 3.54. The number of ether oxygens (including phenoxy) is 3. The molecule has 2 rings (SSSR count). The smallest absolute Gasteiger partial charge is 0.414 e. The number of benzene rings is 2. The highest BCUT2D eigenvalue weighted by Gasteiger charge is 2.06. The molecule has 0 saturated carbocycles. The van der Waals surface area contributed by atoms with Crippen LogP contribution in [0.5, 0.6) is 17.2 Å². The molecule has 0 spiro atoms. The van der Waals surface area contributed by atoms with Crippen LogP contribution in [-0.4, -0.2) is 43.5 Å². The van der Waals surface area contributed by atoms with E-state index in [2.05, 4.69) is 27.3 Å². The molecule has 28 heavy (non-hydrogen) atoms. The number of hydrogen-bond acceptors (Lipinski definition) is 6. The van der Waals surface area contributed by atoms with Gasteiger partial charge in [-0.25, -0.2) is 9.59 Å². The minimum absolute atomic E-state index is 0.719. The van der Waals surface area contributed by atoms with Crippen molar-refractivity contribution in [1.29, 1.82) is 0 Å². The zero-order valence-electron chi connectivity index (χ0n) is 15.7. The molecule has 2 aromatic rings. The van der Waals surface area contributed by atoms with E-state index >= 15 is 0 Å². The predicted molar refractivity (Wildman–Crippen MR) is 106 cm³/mol. The highest BCUT2D eigenvalue weighted by molar-refractivity contribution is 9.10. The maximum absolute atomic E-state index is 9.10. The first-order chi connectivity index (χ1) is 13.3. The number of aliphatic carboxylic acids is 2. The fraction of sp³-hybridized carbons (Fsp3) is 0.263. The minimum Gasteiger partial charge on any atom is -0.497 e. The maximum Gasteiger partial charge on any atom is 0.414 e. The van der Waals surface area contributed by atoms with Crippen LogP contribution in [0.3, 0.4) is 0 Å². The van der Waals surface area contributed by atoms with Crippen LogP contribution in [0.4, 0.5) is 0 Å². The molecule has 9 heteroatoms. The maximum atomic E-state index is 9.10. The molecule has 0 heterocycles. The van der Waals surface area contributed by atoms with Gasteiger partial charge < -0.3 is 29.7 Å². The number of rotatable bonds is 7. The summed E-state index contributed by atoms with van der Waals surface area (Å²) in [7, 11) is 4.97. The zero-order valence-corrected chi connectivity index (χ0v) is 17.3. The highest BCUT2D eigenvalue weighted by atomic mass is 79.9. The summed E-state index contributed by atoms with van der Waals surface area (Å²) in [4.78, 5) is 18.2. The van der Waals surface area contributed by atoms with Gasteiger partial charge in [0.25, 0.3) is 0 Å². The summed E-state index contributed by atoms with van der Waals surface area (Å²) in [5, 5.41) is 18.2. The van der Waals surface area contributed by atoms with Crippen LogP contribution >= 0.6 is 15.9 Å². The third-order valence-corrected chi connectivity index (χ3v) is 4.16. The van der Waals surface area contributed by atoms with Crippen molar-refractivity contribution in [2.45, 2.75) is 13.1 Å². The molecule has 0 aromatic heterocycles. The minimum atomic E-state index is -1.82. The number of carboxylic acid groups (broad SMARTS) is 2. The topological polar surface area (TPSA) is 114 Å². The average Bonchev–Trinajstić information content (AvgIpc) is 2.68. The van der Waals surface area contributed by atoms with Gasteiger partial charge >= 0.3 is 11.9 Å². The quantitative estimate of drug-likeness (QED) is 0.545. The van der Waals surface area contributed by atoms with Crippen LogP contribution in [0.15, 0.2) is 40.9 Å². The summed E-state index contributed by atoms with van der Waals surface area (Å²) in [6.07, 6.45) is 0. The Morgan fingerprint density at radius 3 is 2.04 bits per heavy atom. The lowest BCUT2D eigenvalue weighted by Gasteiger charge is -2.12. The van der Waals surface area contributed by atoms with Gasteiger partial charge in [-0.1, -0.05) is 12.1 Å². The van der Waals surface area contributed by atoms with Gasteiger partial charge in [0.1, 0.15) is 17.2 Å². The molecule has 3 N–H and O–H groups in total. The van der Waals surface area contributed by atoms with Gasteiger partial charge in [0.2, 0.25) is 0 Å². The number of methoxy groups -OCH3 is 3. The molecule has 0 bridgehead atoms. The van der Waals surface area contributed by atoms with Gasteiger partial charge in [-0.05, 0) is 39.7 Å². The molecule has 0 aliphatic heterocycles. The molecular weight excluding hydrogens is 434 g/mol. The molecule has 0 saturated heterocycles. The zero-order chi connectivity index (χ0) is 21.1. The number of hydrogen-bond donors (Lipinski definition) is 3. The molecule has 0 aliphatic rings. The number of carbonyl (C=O) groups is 2. The molecule has 0 fully saturated rings. The molecule has 0 aliphatic carbocycles. The molecule has 0 unspecified atom stereocenters. The van der Waals surface area contributed by atoms with E-state index in [0.717, 1.165) is 40.4 Å². The Balaban J connectivity index is 0.000000568. The van der Waals surface area contributed by atoms with Crippen LogP contribution in [0, 0.1) is 0 Å². The summed E-state index contributed by atoms with van der Waals surface area (Å²) < 4.78 is 16.8. The fourth-order valence-corrected chi connectivity index (χ4v) is 2.75. The Morgan fingerprint density at radius 1 is 0.893 bits per heavy atom. The second-order valence-electron chi connectivity index (χ2n) is 5.36. The second-order valence-corrected chi connectivity index (χ2v) is 6.21. The van der Waals surface area contributed by atoms with Crippen molar-refractivity contribution in [3.8, 4) is 17.2 Å². The lowest BCUT2D eigenvalue weighted by atomic mass is 10.1. The Hall–Kier alpha value is -2.78. The van der Waals surface area contributed by atoms with Gasteiger partial charge in [0.15, 0.2) is 0 Å². The van der Waals surface area contributed by atoms with Crippen molar-refractivity contribution >= 4 is 27.9 Å². The molecule has 152 valence electrons. The standard InChI is InChI=1S/C17H20BrNO3.C2H2O4/c1-20-14-6-5-13(17(9-14)22-3)11-19-10-12-4-7-16(21-2)15(18)8-12;3-1(4)2(5)6/h4-9,19H,10-11H2,1-3H3;(H,3,4)(H,5,6). The number of carboxylic acids is 2. The van der Waals surface area contributed by atoms with E-state index in [1.807, 2.05) is 30.3 Å². The molecule has 2 aromatic carbocycles. The monoisotopic (exact) mass is 455 g/mol. The van der Waals surface area contributed by atoms with E-state index in [1.54, 1.807) is 21.3 Å². The first-order valence-electron chi connectivity index (χ1n) is 8.02. The summed E-state index contributed by atoms with van der Waals surface area (Å²) in [6.45, 7) is 1.48. The third kappa shape index (κ3) is 7.45. The SMILES string of the molecule is COc1ccc(CNCc2ccc(OC)c(Br)c2)c(OC)c1.O=C(O)C(=O)O. The van der Waals surface area contributed by atoms with E-state index in [1.165, 1.54) is 5.56 Å². The molecule has 8 nitrogen and oxygen atoms in total. The largest absolute Gasteiger partial charge is 0.497 e. The van der Waals surface area contributed by atoms with Crippen molar-refractivity contribution in [3.63, 3.8) is 0 Å². The van der Waals surface area contributed by atoms with Gasteiger partial charge in [0.05, 0.1) is 25.8 Å². The summed E-state index contributed by atoms with van der Waals surface area (Å²) in [5.74, 6) is -1.20. The van der Waals surface area contributed by atoms with Crippen molar-refractivity contribution in [1.82, 2.24) is 5.32 Å². The Morgan fingerprint density at radius 2 is 1.54 bits per heavy atom. The summed E-state index contributed by atoms with van der Waals surface area (Å²) >= 11 is 3.50. The van der Waals surface area contributed by atoms with Crippen LogP contribution in [0.25, 0.3) is 0 Å². The first-order valence-corrected chi connectivity index (χ1v) is 8.81. The predicted octanol–water partition coefficient (Wildman–Crippen LogP) is 2.92. The highest BCUT2D eigenvalue weighted by Crippen LogP contribution is 2.26. The first kappa shape index (κ1) is 23.3. The molecule has 0 atom stereocenters. The Bertz CT molecular complexity index is 799. The van der Waals surface area contributed by atoms with Crippen LogP contribution in [0.2, 0.25) is 0 Å². The lowest BCUT2D eigenvalue weighted by molar-refractivity contribution is -0.159. The van der Waals surface area contributed by atoms with E-state index in [4.69, 9.17) is 34.0 Å². The van der Waals surface area contributed by atoms with E-state index in [0.29, 0.717) is 0 Å². The van der Waals surface area contributed by atoms with E-state index in [-0.39, 0.29) is 0 Å². The summed E-state index contributed by atoms with van der Waals surface area (Å²) in [5.41, 5.74) is 2.27. The molecule has 0 amide bonds. The van der Waals surface area contributed by atoms with Crippen LogP contribution in [0.1, 0.15) is 11.1 Å².